The van der Waals surface area contributed by atoms with Crippen LogP contribution in [0.3, 0.4) is 0 Å². The van der Waals surface area contributed by atoms with Gasteiger partial charge in [-0.25, -0.2) is 4.79 Å². The van der Waals surface area contributed by atoms with E-state index in [1.165, 1.54) is 14.0 Å². The Balaban J connectivity index is 0.00000154. The van der Waals surface area contributed by atoms with Gasteiger partial charge in [0.05, 0.1) is 7.11 Å². The molecule has 106 valence electrons. The Kier molecular flexibility index (Phi) is 8.87. The minimum atomic E-state index is -0.436. The summed E-state index contributed by atoms with van der Waals surface area (Å²) in [6.45, 7) is 5.46. The number of carbonyl (C=O) groups is 2. The molecule has 1 aromatic carbocycles. The minimum Gasteiger partial charge on any atom is -0.482 e. The van der Waals surface area contributed by atoms with Gasteiger partial charge in [0.15, 0.2) is 6.61 Å². The summed E-state index contributed by atoms with van der Waals surface area (Å²) in [4.78, 5) is 21.4. The van der Waals surface area contributed by atoms with Crippen molar-refractivity contribution in [3.05, 3.63) is 29.8 Å². The van der Waals surface area contributed by atoms with Crippen LogP contribution in [0.1, 0.15) is 26.3 Å². The molecular formula is C14H20O5. The first-order chi connectivity index (χ1) is 9.11. The number of hydrogen-bond acceptors (Lipinski definition) is 5. The molecule has 0 bridgehead atoms. The third kappa shape index (κ3) is 7.81. The van der Waals surface area contributed by atoms with Crippen molar-refractivity contribution >= 4 is 11.9 Å². The Labute approximate surface area is 113 Å². The van der Waals surface area contributed by atoms with Gasteiger partial charge in [-0.1, -0.05) is 26.0 Å². The summed E-state index contributed by atoms with van der Waals surface area (Å²) in [6.07, 6.45) is 0. The maximum absolute atomic E-state index is 10.8. The van der Waals surface area contributed by atoms with Crippen molar-refractivity contribution in [3.8, 4) is 5.75 Å². The Morgan fingerprint density at radius 1 is 1.11 bits per heavy atom. The van der Waals surface area contributed by atoms with E-state index in [1.807, 2.05) is 13.8 Å². The molecule has 5 heteroatoms. The Hall–Kier alpha value is -2.04. The lowest BCUT2D eigenvalue weighted by Gasteiger charge is -2.06. The molecule has 0 atom stereocenters. The van der Waals surface area contributed by atoms with E-state index in [4.69, 9.17) is 9.47 Å². The molecule has 1 aromatic rings. The molecule has 0 saturated carbocycles. The number of ether oxygens (including phenoxy) is 3. The van der Waals surface area contributed by atoms with Crippen molar-refractivity contribution in [2.45, 2.75) is 27.4 Å². The van der Waals surface area contributed by atoms with Crippen LogP contribution in [0.15, 0.2) is 24.3 Å². The molecule has 1 rings (SSSR count). The topological polar surface area (TPSA) is 61.8 Å². The van der Waals surface area contributed by atoms with Crippen LogP contribution in [-0.4, -0.2) is 25.7 Å². The van der Waals surface area contributed by atoms with Crippen LogP contribution < -0.4 is 4.74 Å². The highest BCUT2D eigenvalue weighted by Gasteiger charge is 2.02. The van der Waals surface area contributed by atoms with Crippen molar-refractivity contribution in [1.29, 1.82) is 0 Å². The zero-order chi connectivity index (χ0) is 14.7. The molecule has 0 heterocycles. The third-order valence-corrected chi connectivity index (χ3v) is 1.95. The summed E-state index contributed by atoms with van der Waals surface area (Å²) in [5.41, 5.74) is 0.852. The maximum atomic E-state index is 10.8. The SMILES string of the molecule is CC.COC(=O)COc1ccc(COC(C)=O)cc1. The largest absolute Gasteiger partial charge is 0.482 e. The summed E-state index contributed by atoms with van der Waals surface area (Å²) in [7, 11) is 1.30. The summed E-state index contributed by atoms with van der Waals surface area (Å²) >= 11 is 0. The van der Waals surface area contributed by atoms with E-state index in [0.29, 0.717) is 5.75 Å². The van der Waals surface area contributed by atoms with Gasteiger partial charge in [-0.3, -0.25) is 4.79 Å². The first-order valence-electron chi connectivity index (χ1n) is 6.03. The normalized spacial score (nSPS) is 8.84. The van der Waals surface area contributed by atoms with Gasteiger partial charge in [-0.2, -0.15) is 0 Å². The van der Waals surface area contributed by atoms with Crippen molar-refractivity contribution < 1.29 is 23.8 Å². The van der Waals surface area contributed by atoms with E-state index in [0.717, 1.165) is 5.56 Å². The van der Waals surface area contributed by atoms with E-state index in [2.05, 4.69) is 4.74 Å². The van der Waals surface area contributed by atoms with Crippen LogP contribution in [0.25, 0.3) is 0 Å². The van der Waals surface area contributed by atoms with Crippen LogP contribution in [-0.2, 0) is 25.7 Å². The first kappa shape index (κ1) is 17.0. The monoisotopic (exact) mass is 268 g/mol. The molecule has 5 nitrogen and oxygen atoms in total. The first-order valence-corrected chi connectivity index (χ1v) is 6.03. The molecule has 0 saturated heterocycles. The molecule has 0 aromatic heterocycles. The number of esters is 2. The number of rotatable bonds is 5. The fourth-order valence-electron chi connectivity index (χ4n) is 1.07. The van der Waals surface area contributed by atoms with Gasteiger partial charge in [-0.05, 0) is 17.7 Å². The second-order valence-electron chi connectivity index (χ2n) is 3.29. The summed E-state index contributed by atoms with van der Waals surface area (Å²) in [6, 6.07) is 6.91. The van der Waals surface area contributed by atoms with Gasteiger partial charge in [0.1, 0.15) is 12.4 Å². The van der Waals surface area contributed by atoms with Crippen LogP contribution in [0, 0.1) is 0 Å². The molecule has 0 radical (unpaired) electrons. The molecule has 19 heavy (non-hydrogen) atoms. The predicted molar refractivity (Wildman–Crippen MR) is 70.8 cm³/mol. The Morgan fingerprint density at radius 3 is 2.16 bits per heavy atom. The standard InChI is InChI=1S/C12H14O5.C2H6/c1-9(13)16-7-10-3-5-11(6-4-10)17-8-12(14)15-2;1-2/h3-6H,7-8H2,1-2H3;1-2H3. The van der Waals surface area contributed by atoms with Gasteiger partial charge in [0.2, 0.25) is 0 Å². The van der Waals surface area contributed by atoms with E-state index in [9.17, 15) is 9.59 Å². The fourth-order valence-corrected chi connectivity index (χ4v) is 1.07. The number of methoxy groups -OCH3 is 1. The summed E-state index contributed by atoms with van der Waals surface area (Å²) in [5.74, 6) is -0.202. The summed E-state index contributed by atoms with van der Waals surface area (Å²) < 4.78 is 14.4. The van der Waals surface area contributed by atoms with Gasteiger partial charge in [-0.15, -0.1) is 0 Å². The van der Waals surface area contributed by atoms with Crippen LogP contribution in [0.5, 0.6) is 5.75 Å². The average Bonchev–Trinajstić information content (AvgIpc) is 2.45. The average molecular weight is 268 g/mol. The minimum absolute atomic E-state index is 0.125. The molecule has 0 unspecified atom stereocenters. The smallest absolute Gasteiger partial charge is 0.343 e. The molecule has 0 aliphatic rings. The molecule has 0 N–H and O–H groups in total. The number of hydrogen-bond donors (Lipinski definition) is 0. The van der Waals surface area contributed by atoms with Gasteiger partial charge in [0.25, 0.3) is 0 Å². The zero-order valence-corrected chi connectivity index (χ0v) is 11.8. The van der Waals surface area contributed by atoms with Crippen molar-refractivity contribution in [2.24, 2.45) is 0 Å². The number of benzene rings is 1. The molecule has 0 fully saturated rings. The molecule has 0 amide bonds. The van der Waals surface area contributed by atoms with E-state index in [-0.39, 0.29) is 19.2 Å². The third-order valence-electron chi connectivity index (χ3n) is 1.95. The van der Waals surface area contributed by atoms with Gasteiger partial charge >= 0.3 is 11.9 Å². The van der Waals surface area contributed by atoms with Gasteiger partial charge in [0, 0.05) is 6.92 Å². The Morgan fingerprint density at radius 2 is 1.68 bits per heavy atom. The van der Waals surface area contributed by atoms with Crippen LogP contribution in [0.4, 0.5) is 0 Å². The van der Waals surface area contributed by atoms with Gasteiger partial charge < -0.3 is 14.2 Å². The lowest BCUT2D eigenvalue weighted by molar-refractivity contribution is -0.143. The maximum Gasteiger partial charge on any atom is 0.343 e. The number of carbonyl (C=O) groups excluding carboxylic acids is 2. The molecule has 0 aliphatic heterocycles. The summed E-state index contributed by atoms with van der Waals surface area (Å²) in [5, 5.41) is 0. The molecule has 0 spiro atoms. The van der Waals surface area contributed by atoms with E-state index < -0.39 is 5.97 Å². The Bertz CT molecular complexity index is 383. The van der Waals surface area contributed by atoms with Crippen LogP contribution in [0.2, 0.25) is 0 Å². The van der Waals surface area contributed by atoms with Crippen molar-refractivity contribution in [2.75, 3.05) is 13.7 Å². The predicted octanol–water partition coefficient (Wildman–Crippen LogP) is 2.33. The highest BCUT2D eigenvalue weighted by molar-refractivity contribution is 5.70. The van der Waals surface area contributed by atoms with Crippen LogP contribution >= 0.6 is 0 Å². The zero-order valence-electron chi connectivity index (χ0n) is 11.8. The van der Waals surface area contributed by atoms with E-state index >= 15 is 0 Å². The van der Waals surface area contributed by atoms with Crippen molar-refractivity contribution in [1.82, 2.24) is 0 Å². The fraction of sp³-hybridized carbons (Fsp3) is 0.429. The highest BCUT2D eigenvalue weighted by atomic mass is 16.6. The van der Waals surface area contributed by atoms with Crippen molar-refractivity contribution in [3.63, 3.8) is 0 Å². The lowest BCUT2D eigenvalue weighted by Crippen LogP contribution is -2.12. The highest BCUT2D eigenvalue weighted by Crippen LogP contribution is 2.12. The molecular weight excluding hydrogens is 248 g/mol. The second kappa shape index (κ2) is 9.94. The van der Waals surface area contributed by atoms with E-state index in [1.54, 1.807) is 24.3 Å². The molecule has 0 aliphatic carbocycles. The quantitative estimate of drug-likeness (QED) is 0.767. The lowest BCUT2D eigenvalue weighted by atomic mass is 10.2. The second-order valence-corrected chi connectivity index (χ2v) is 3.29.